The second-order valence-corrected chi connectivity index (χ2v) is 9.89. The molecule has 0 heterocycles. The molecule has 0 amide bonds. The van der Waals surface area contributed by atoms with Crippen LogP contribution in [0.2, 0.25) is 0 Å². The highest BCUT2D eigenvalue weighted by Crippen LogP contribution is 2.33. The van der Waals surface area contributed by atoms with Crippen LogP contribution in [0.3, 0.4) is 0 Å². The first kappa shape index (κ1) is 29.7. The van der Waals surface area contributed by atoms with Crippen LogP contribution in [0, 0.1) is 0 Å². The molecule has 0 aliphatic heterocycles. The van der Waals surface area contributed by atoms with E-state index in [4.69, 9.17) is 19.3 Å². The highest BCUT2D eigenvalue weighted by Gasteiger charge is 2.23. The van der Waals surface area contributed by atoms with E-state index < -0.39 is 0 Å². The summed E-state index contributed by atoms with van der Waals surface area (Å²) >= 11 is 0. The zero-order valence-electron chi connectivity index (χ0n) is 22.6. The Bertz CT molecular complexity index is 842. The zero-order chi connectivity index (χ0) is 26.1. The van der Waals surface area contributed by atoms with Crippen molar-refractivity contribution in [1.29, 1.82) is 0 Å². The van der Waals surface area contributed by atoms with Gasteiger partial charge in [0.1, 0.15) is 31.3 Å². The number of esters is 1. The van der Waals surface area contributed by atoms with E-state index >= 15 is 0 Å². The first-order valence-corrected chi connectivity index (χ1v) is 13.7. The maximum atomic E-state index is 11.9. The van der Waals surface area contributed by atoms with Crippen LogP contribution in [0.15, 0.2) is 48.5 Å². The Morgan fingerprint density at radius 1 is 0.694 bits per heavy atom. The van der Waals surface area contributed by atoms with E-state index in [1.165, 1.54) is 56.1 Å². The molecule has 2 aromatic rings. The Balaban J connectivity index is 1.63. The van der Waals surface area contributed by atoms with Gasteiger partial charge in [-0.3, -0.25) is 4.79 Å². The van der Waals surface area contributed by atoms with Gasteiger partial charge in [0.25, 0.3) is 0 Å². The third-order valence-corrected chi connectivity index (χ3v) is 6.61. The molecule has 200 valence electrons. The highest BCUT2D eigenvalue weighted by atomic mass is 16.6. The lowest BCUT2D eigenvalue weighted by Crippen LogP contribution is -2.18. The predicted octanol–water partition coefficient (Wildman–Crippen LogP) is 7.23. The van der Waals surface area contributed by atoms with Gasteiger partial charge in [0, 0.05) is 11.8 Å². The molecule has 0 atom stereocenters. The lowest BCUT2D eigenvalue weighted by Gasteiger charge is -2.26. The van der Waals surface area contributed by atoms with Crippen molar-refractivity contribution in [2.75, 3.05) is 26.4 Å². The molecule has 0 bridgehead atoms. The molecule has 2 aromatic carbocycles. The van der Waals surface area contributed by atoms with Crippen LogP contribution in [0.1, 0.15) is 96.1 Å². The molecule has 0 unspecified atom stereocenters. The molecule has 0 fully saturated rings. The minimum absolute atomic E-state index is 0.00343. The highest BCUT2D eigenvalue weighted by molar-refractivity contribution is 5.69. The summed E-state index contributed by atoms with van der Waals surface area (Å²) in [6, 6.07) is 16.0. The van der Waals surface area contributed by atoms with Crippen molar-refractivity contribution in [3.05, 3.63) is 59.7 Å². The van der Waals surface area contributed by atoms with E-state index in [0.29, 0.717) is 19.6 Å². The number of ether oxygens (including phenoxy) is 3. The average molecular weight is 499 g/mol. The fourth-order valence-electron chi connectivity index (χ4n) is 4.23. The zero-order valence-corrected chi connectivity index (χ0v) is 22.6. The van der Waals surface area contributed by atoms with E-state index in [0.717, 1.165) is 24.3 Å². The van der Waals surface area contributed by atoms with Crippen molar-refractivity contribution in [2.24, 2.45) is 0 Å². The van der Waals surface area contributed by atoms with Crippen LogP contribution in [0.5, 0.6) is 11.5 Å². The number of carbonyl (C=O) groups is 1. The van der Waals surface area contributed by atoms with Gasteiger partial charge in [-0.15, -0.1) is 0 Å². The van der Waals surface area contributed by atoms with Gasteiger partial charge in [0.15, 0.2) is 0 Å². The van der Waals surface area contributed by atoms with Crippen LogP contribution in [0.4, 0.5) is 0 Å². The van der Waals surface area contributed by atoms with Crippen LogP contribution in [0.25, 0.3) is 0 Å². The van der Waals surface area contributed by atoms with Crippen LogP contribution < -0.4 is 9.47 Å². The summed E-state index contributed by atoms with van der Waals surface area (Å²) in [5.41, 5.74) is 2.16. The monoisotopic (exact) mass is 498 g/mol. The van der Waals surface area contributed by atoms with Gasteiger partial charge in [0.05, 0.1) is 6.61 Å². The van der Waals surface area contributed by atoms with Crippen LogP contribution in [-0.2, 0) is 14.9 Å². The van der Waals surface area contributed by atoms with Crippen molar-refractivity contribution >= 4 is 5.97 Å². The number of rotatable bonds is 19. The summed E-state index contributed by atoms with van der Waals surface area (Å²) in [7, 11) is 0. The molecular weight excluding hydrogens is 452 g/mol. The van der Waals surface area contributed by atoms with Gasteiger partial charge in [-0.05, 0) is 41.8 Å². The molecule has 0 saturated carbocycles. The first-order chi connectivity index (χ1) is 17.5. The van der Waals surface area contributed by atoms with Crippen LogP contribution in [-0.4, -0.2) is 37.5 Å². The molecule has 0 aliphatic rings. The normalized spacial score (nSPS) is 11.3. The van der Waals surface area contributed by atoms with Gasteiger partial charge in [0.2, 0.25) is 0 Å². The van der Waals surface area contributed by atoms with E-state index in [1.807, 2.05) is 24.3 Å². The van der Waals surface area contributed by atoms with Crippen molar-refractivity contribution in [2.45, 2.75) is 90.4 Å². The van der Waals surface area contributed by atoms with Crippen molar-refractivity contribution in [3.63, 3.8) is 0 Å². The predicted molar refractivity (Wildman–Crippen MR) is 146 cm³/mol. The third kappa shape index (κ3) is 11.0. The number of hydrogen-bond acceptors (Lipinski definition) is 5. The van der Waals surface area contributed by atoms with Crippen molar-refractivity contribution < 1.29 is 24.1 Å². The third-order valence-electron chi connectivity index (χ3n) is 6.61. The van der Waals surface area contributed by atoms with Crippen LogP contribution >= 0.6 is 0 Å². The van der Waals surface area contributed by atoms with Crippen molar-refractivity contribution in [3.8, 4) is 11.5 Å². The molecule has 0 aromatic heterocycles. The second kappa shape index (κ2) is 17.0. The van der Waals surface area contributed by atoms with E-state index in [1.54, 1.807) is 0 Å². The molecule has 5 nitrogen and oxygen atoms in total. The lowest BCUT2D eigenvalue weighted by atomic mass is 9.78. The summed E-state index contributed by atoms with van der Waals surface area (Å²) in [5.74, 6) is 1.38. The SMILES string of the molecule is CCCCCCCCCCCC(=O)OCCOc1ccc(C(C)(C)c2ccc(OCCO)cc2)cc1. The van der Waals surface area contributed by atoms with Gasteiger partial charge in [-0.2, -0.15) is 0 Å². The number of carbonyl (C=O) groups excluding carboxylic acids is 1. The number of hydrogen-bond donors (Lipinski definition) is 1. The summed E-state index contributed by atoms with van der Waals surface area (Å²) in [4.78, 5) is 11.9. The fourth-order valence-corrected chi connectivity index (χ4v) is 4.23. The number of benzene rings is 2. The van der Waals surface area contributed by atoms with E-state index in [2.05, 4.69) is 45.0 Å². The summed E-state index contributed by atoms with van der Waals surface area (Å²) in [6.07, 6.45) is 11.6. The second-order valence-electron chi connectivity index (χ2n) is 9.89. The maximum absolute atomic E-state index is 11.9. The Morgan fingerprint density at radius 2 is 1.17 bits per heavy atom. The minimum Gasteiger partial charge on any atom is -0.491 e. The fraction of sp³-hybridized carbons (Fsp3) is 0.581. The lowest BCUT2D eigenvalue weighted by molar-refractivity contribution is -0.144. The smallest absolute Gasteiger partial charge is 0.305 e. The molecular formula is C31H46O5. The minimum atomic E-state index is -0.182. The standard InChI is InChI=1S/C31H46O5/c1-4-5-6-7-8-9-10-11-12-13-30(33)36-25-24-35-29-20-16-27(17-21-29)31(2,3)26-14-18-28(19-15-26)34-23-22-32/h14-21,32H,4-13,22-25H2,1-3H3. The van der Waals surface area contributed by atoms with E-state index in [-0.39, 0.29) is 24.6 Å². The Kier molecular flexibility index (Phi) is 14.0. The molecule has 0 radical (unpaired) electrons. The molecule has 5 heteroatoms. The molecule has 0 aliphatic carbocycles. The topological polar surface area (TPSA) is 65.0 Å². The molecule has 36 heavy (non-hydrogen) atoms. The maximum Gasteiger partial charge on any atom is 0.305 e. The van der Waals surface area contributed by atoms with Gasteiger partial charge < -0.3 is 19.3 Å². The number of aliphatic hydroxyl groups excluding tert-OH is 1. The Morgan fingerprint density at radius 3 is 1.67 bits per heavy atom. The Hall–Kier alpha value is -2.53. The summed E-state index contributed by atoms with van der Waals surface area (Å²) in [5, 5.41) is 8.90. The largest absolute Gasteiger partial charge is 0.491 e. The summed E-state index contributed by atoms with van der Waals surface area (Å²) in [6.45, 7) is 7.52. The van der Waals surface area contributed by atoms with Gasteiger partial charge in [-0.25, -0.2) is 0 Å². The molecule has 0 saturated heterocycles. The Labute approximate surface area is 218 Å². The van der Waals surface area contributed by atoms with Gasteiger partial charge in [-0.1, -0.05) is 96.4 Å². The average Bonchev–Trinajstić information content (AvgIpc) is 2.89. The first-order valence-electron chi connectivity index (χ1n) is 13.7. The number of aliphatic hydroxyl groups is 1. The summed E-state index contributed by atoms with van der Waals surface area (Å²) < 4.78 is 16.5. The molecule has 0 spiro atoms. The number of unbranched alkanes of at least 4 members (excludes halogenated alkanes) is 8. The van der Waals surface area contributed by atoms with Gasteiger partial charge >= 0.3 is 5.97 Å². The quantitative estimate of drug-likeness (QED) is 0.163. The van der Waals surface area contributed by atoms with Crippen molar-refractivity contribution in [1.82, 2.24) is 0 Å². The van der Waals surface area contributed by atoms with E-state index in [9.17, 15) is 4.79 Å². The molecule has 1 N–H and O–H groups in total. The molecule has 2 rings (SSSR count).